The molecule has 2 aliphatic rings. The smallest absolute Gasteiger partial charge is 0.191 e. The van der Waals surface area contributed by atoms with Crippen LogP contribution in [0.3, 0.4) is 0 Å². The van der Waals surface area contributed by atoms with Gasteiger partial charge >= 0.3 is 0 Å². The van der Waals surface area contributed by atoms with Crippen LogP contribution in [0, 0.1) is 5.41 Å². The molecule has 92 valence electrons. The maximum Gasteiger partial charge on any atom is 0.191 e. The second-order valence-electron chi connectivity index (χ2n) is 5.38. The molecule has 0 amide bonds. The molecule has 0 atom stereocenters. The van der Waals surface area contributed by atoms with Crippen LogP contribution in [-0.2, 0) is 4.74 Å². The first-order valence-corrected chi connectivity index (χ1v) is 6.32. The van der Waals surface area contributed by atoms with Crippen LogP contribution in [0.2, 0.25) is 0 Å². The third-order valence-corrected chi connectivity index (χ3v) is 3.45. The zero-order valence-electron chi connectivity index (χ0n) is 10.2. The average molecular weight is 225 g/mol. The monoisotopic (exact) mass is 225 g/mol. The second kappa shape index (κ2) is 5.04. The van der Waals surface area contributed by atoms with Crippen LogP contribution in [0.5, 0.6) is 0 Å². The van der Waals surface area contributed by atoms with Gasteiger partial charge in [0.1, 0.15) is 0 Å². The SMILES string of the molecule is CC1(CN=C(N)N2CCCCCC2)COC1. The van der Waals surface area contributed by atoms with Gasteiger partial charge in [0.25, 0.3) is 0 Å². The summed E-state index contributed by atoms with van der Waals surface area (Å²) >= 11 is 0. The number of hydrogen-bond acceptors (Lipinski definition) is 2. The zero-order chi connectivity index (χ0) is 11.4. The molecule has 0 unspecified atom stereocenters. The van der Waals surface area contributed by atoms with Crippen molar-refractivity contribution in [2.45, 2.75) is 32.6 Å². The molecule has 0 saturated carbocycles. The molecule has 0 bridgehead atoms. The molecule has 0 spiro atoms. The lowest BCUT2D eigenvalue weighted by molar-refractivity contribution is -0.0945. The van der Waals surface area contributed by atoms with Crippen LogP contribution in [0.25, 0.3) is 0 Å². The number of guanidine groups is 1. The largest absolute Gasteiger partial charge is 0.380 e. The van der Waals surface area contributed by atoms with Gasteiger partial charge in [0.2, 0.25) is 0 Å². The van der Waals surface area contributed by atoms with Gasteiger partial charge in [0, 0.05) is 18.5 Å². The van der Waals surface area contributed by atoms with Crippen molar-refractivity contribution >= 4 is 5.96 Å². The number of likely N-dealkylation sites (tertiary alicyclic amines) is 1. The van der Waals surface area contributed by atoms with E-state index in [-0.39, 0.29) is 5.41 Å². The van der Waals surface area contributed by atoms with Crippen LogP contribution >= 0.6 is 0 Å². The highest BCUT2D eigenvalue weighted by atomic mass is 16.5. The number of hydrogen-bond donors (Lipinski definition) is 1. The van der Waals surface area contributed by atoms with E-state index in [0.717, 1.165) is 38.8 Å². The van der Waals surface area contributed by atoms with Gasteiger partial charge < -0.3 is 15.4 Å². The fourth-order valence-electron chi connectivity index (χ4n) is 2.21. The van der Waals surface area contributed by atoms with Crippen molar-refractivity contribution in [3.63, 3.8) is 0 Å². The minimum absolute atomic E-state index is 0.233. The van der Waals surface area contributed by atoms with E-state index in [2.05, 4.69) is 16.8 Å². The Labute approximate surface area is 97.9 Å². The maximum atomic E-state index is 6.04. The molecule has 2 N–H and O–H groups in total. The molecule has 4 nitrogen and oxygen atoms in total. The molecule has 2 rings (SSSR count). The molecule has 2 saturated heterocycles. The predicted octanol–water partition coefficient (Wildman–Crippen LogP) is 1.21. The fraction of sp³-hybridized carbons (Fsp3) is 0.917. The van der Waals surface area contributed by atoms with E-state index in [1.165, 1.54) is 25.7 Å². The van der Waals surface area contributed by atoms with Crippen molar-refractivity contribution in [3.8, 4) is 0 Å². The highest BCUT2D eigenvalue weighted by molar-refractivity contribution is 5.78. The summed E-state index contributed by atoms with van der Waals surface area (Å²) in [6.07, 6.45) is 5.15. The van der Waals surface area contributed by atoms with Crippen molar-refractivity contribution in [1.82, 2.24) is 4.90 Å². The molecule has 0 aromatic carbocycles. The number of ether oxygens (including phenoxy) is 1. The van der Waals surface area contributed by atoms with Gasteiger partial charge in [-0.15, -0.1) is 0 Å². The van der Waals surface area contributed by atoms with Crippen LogP contribution in [-0.4, -0.2) is 43.7 Å². The summed E-state index contributed by atoms with van der Waals surface area (Å²) < 4.78 is 5.21. The number of rotatable bonds is 2. The van der Waals surface area contributed by atoms with Gasteiger partial charge in [-0.2, -0.15) is 0 Å². The predicted molar refractivity (Wildman–Crippen MR) is 65.5 cm³/mol. The van der Waals surface area contributed by atoms with E-state index in [4.69, 9.17) is 10.5 Å². The zero-order valence-corrected chi connectivity index (χ0v) is 10.2. The molecular weight excluding hydrogens is 202 g/mol. The normalized spacial score (nSPS) is 26.1. The van der Waals surface area contributed by atoms with E-state index in [9.17, 15) is 0 Å². The molecular formula is C12H23N3O. The molecule has 2 aliphatic heterocycles. The van der Waals surface area contributed by atoms with Gasteiger partial charge in [-0.1, -0.05) is 19.8 Å². The molecule has 0 aromatic heterocycles. The Kier molecular flexibility index (Phi) is 3.69. The number of nitrogens with two attached hydrogens (primary N) is 1. The molecule has 16 heavy (non-hydrogen) atoms. The van der Waals surface area contributed by atoms with E-state index < -0.39 is 0 Å². The van der Waals surface area contributed by atoms with Gasteiger partial charge in [-0.05, 0) is 12.8 Å². The number of nitrogens with zero attached hydrogens (tertiary/aromatic N) is 2. The van der Waals surface area contributed by atoms with Crippen molar-refractivity contribution < 1.29 is 4.74 Å². The molecule has 0 radical (unpaired) electrons. The summed E-state index contributed by atoms with van der Waals surface area (Å²) in [5, 5.41) is 0. The molecule has 0 aliphatic carbocycles. The lowest BCUT2D eigenvalue weighted by Gasteiger charge is -2.36. The van der Waals surface area contributed by atoms with E-state index in [0.29, 0.717) is 0 Å². The Bertz CT molecular complexity index is 253. The summed E-state index contributed by atoms with van der Waals surface area (Å²) in [5.74, 6) is 0.732. The maximum absolute atomic E-state index is 6.04. The van der Waals surface area contributed by atoms with Gasteiger partial charge in [-0.3, -0.25) is 4.99 Å². The summed E-state index contributed by atoms with van der Waals surface area (Å²) in [6, 6.07) is 0. The minimum atomic E-state index is 0.233. The lowest BCUT2D eigenvalue weighted by atomic mass is 9.89. The van der Waals surface area contributed by atoms with E-state index >= 15 is 0 Å². The minimum Gasteiger partial charge on any atom is -0.380 e. The van der Waals surface area contributed by atoms with Crippen LogP contribution < -0.4 is 5.73 Å². The van der Waals surface area contributed by atoms with Crippen LogP contribution in [0.15, 0.2) is 4.99 Å². The quantitative estimate of drug-likeness (QED) is 0.568. The molecule has 4 heteroatoms. The Morgan fingerprint density at radius 1 is 1.25 bits per heavy atom. The Hall–Kier alpha value is -0.770. The molecule has 2 fully saturated rings. The first-order chi connectivity index (χ1) is 7.70. The lowest BCUT2D eigenvalue weighted by Crippen LogP contribution is -2.44. The summed E-state index contributed by atoms with van der Waals surface area (Å²) in [6.45, 7) is 6.80. The van der Waals surface area contributed by atoms with Crippen molar-refractivity contribution in [3.05, 3.63) is 0 Å². The van der Waals surface area contributed by atoms with Crippen molar-refractivity contribution in [2.75, 3.05) is 32.8 Å². The Morgan fingerprint density at radius 2 is 1.88 bits per heavy atom. The number of aliphatic imine (C=N–C) groups is 1. The van der Waals surface area contributed by atoms with Crippen molar-refractivity contribution in [2.24, 2.45) is 16.1 Å². The van der Waals surface area contributed by atoms with Gasteiger partial charge in [-0.25, -0.2) is 0 Å². The topological polar surface area (TPSA) is 50.8 Å². The Balaban J connectivity index is 1.84. The standard InChI is InChI=1S/C12H23N3O/c1-12(9-16-10-12)8-14-11(13)15-6-4-2-3-5-7-15/h2-10H2,1H3,(H2,13,14). The van der Waals surface area contributed by atoms with Gasteiger partial charge in [0.15, 0.2) is 5.96 Å². The molecule has 2 heterocycles. The van der Waals surface area contributed by atoms with E-state index in [1.807, 2.05) is 0 Å². The van der Waals surface area contributed by atoms with Crippen LogP contribution in [0.1, 0.15) is 32.6 Å². The first kappa shape index (κ1) is 11.7. The fourth-order valence-corrected chi connectivity index (χ4v) is 2.21. The highest BCUT2D eigenvalue weighted by Crippen LogP contribution is 2.26. The molecule has 0 aromatic rings. The van der Waals surface area contributed by atoms with Gasteiger partial charge in [0.05, 0.1) is 19.8 Å². The summed E-state index contributed by atoms with van der Waals surface area (Å²) in [5.41, 5.74) is 6.27. The van der Waals surface area contributed by atoms with E-state index in [1.54, 1.807) is 0 Å². The highest BCUT2D eigenvalue weighted by Gasteiger charge is 2.33. The summed E-state index contributed by atoms with van der Waals surface area (Å²) in [7, 11) is 0. The van der Waals surface area contributed by atoms with Crippen molar-refractivity contribution in [1.29, 1.82) is 0 Å². The second-order valence-corrected chi connectivity index (χ2v) is 5.38. The first-order valence-electron chi connectivity index (χ1n) is 6.32. The average Bonchev–Trinajstić information content (AvgIpc) is 2.51. The third kappa shape index (κ3) is 2.88. The Morgan fingerprint density at radius 3 is 2.38 bits per heavy atom. The van der Waals surface area contributed by atoms with Crippen LogP contribution in [0.4, 0.5) is 0 Å². The third-order valence-electron chi connectivity index (χ3n) is 3.45. The summed E-state index contributed by atoms with van der Waals surface area (Å²) in [4.78, 5) is 6.76.